The summed E-state index contributed by atoms with van der Waals surface area (Å²) >= 11 is 5.09. The van der Waals surface area contributed by atoms with Crippen LogP contribution in [-0.4, -0.2) is 4.98 Å². The Hall–Kier alpha value is -1.65. The van der Waals surface area contributed by atoms with Gasteiger partial charge in [-0.1, -0.05) is 60.7 Å². The van der Waals surface area contributed by atoms with Gasteiger partial charge in [-0.3, -0.25) is 0 Å². The third kappa shape index (κ3) is 3.34. The Morgan fingerprint density at radius 2 is 1.48 bits per heavy atom. The topological polar surface area (TPSA) is 27.0 Å². The van der Waals surface area contributed by atoms with Gasteiger partial charge in [0.05, 0.1) is 3.79 Å². The standard InChI is InChI=1S/C17H14BrN2S/c1-12-16(18)21-17(19-12)20-15(13-8-4-2-5-9-13)14-10-6-3-7-11-14/h2-11,15H,1H3/q-1. The molecule has 3 aromatic rings. The second kappa shape index (κ2) is 6.41. The number of benzene rings is 2. The third-order valence-electron chi connectivity index (χ3n) is 3.20. The average Bonchev–Trinajstić information content (AvgIpc) is 2.85. The number of aromatic nitrogens is 1. The van der Waals surface area contributed by atoms with Crippen LogP contribution in [0.2, 0.25) is 0 Å². The fraction of sp³-hybridized carbons (Fsp3) is 0.118. The Morgan fingerprint density at radius 3 is 1.90 bits per heavy atom. The maximum absolute atomic E-state index is 4.86. The SMILES string of the molecule is Cc1nc([N-]C(c2ccccc2)c2ccccc2)sc1Br. The van der Waals surface area contributed by atoms with Gasteiger partial charge < -0.3 is 10.3 Å². The fourth-order valence-electron chi connectivity index (χ4n) is 2.14. The smallest absolute Gasteiger partial charge is 0.0685 e. The Balaban J connectivity index is 1.97. The Kier molecular flexibility index (Phi) is 4.36. The summed E-state index contributed by atoms with van der Waals surface area (Å²) in [6.07, 6.45) is 0. The molecule has 2 nitrogen and oxygen atoms in total. The third-order valence-corrected chi connectivity index (χ3v) is 5.11. The fourth-order valence-corrected chi connectivity index (χ4v) is 3.36. The van der Waals surface area contributed by atoms with Crippen molar-refractivity contribution < 1.29 is 0 Å². The van der Waals surface area contributed by atoms with Crippen LogP contribution in [0.3, 0.4) is 0 Å². The van der Waals surface area contributed by atoms with E-state index in [-0.39, 0.29) is 6.04 Å². The molecule has 0 unspecified atom stereocenters. The van der Waals surface area contributed by atoms with Crippen molar-refractivity contribution in [1.29, 1.82) is 0 Å². The van der Waals surface area contributed by atoms with E-state index in [4.69, 9.17) is 5.32 Å². The highest BCUT2D eigenvalue weighted by atomic mass is 79.9. The molecule has 0 saturated heterocycles. The van der Waals surface area contributed by atoms with E-state index in [1.807, 2.05) is 43.3 Å². The van der Waals surface area contributed by atoms with Crippen molar-refractivity contribution in [3.05, 3.63) is 86.6 Å². The summed E-state index contributed by atoms with van der Waals surface area (Å²) in [7, 11) is 0. The second-order valence-electron chi connectivity index (χ2n) is 4.71. The minimum absolute atomic E-state index is 0.0233. The van der Waals surface area contributed by atoms with Gasteiger partial charge in [0.15, 0.2) is 0 Å². The number of aryl methyl sites for hydroxylation is 1. The molecular weight excluding hydrogens is 344 g/mol. The van der Waals surface area contributed by atoms with Crippen molar-refractivity contribution in [1.82, 2.24) is 4.98 Å². The predicted molar refractivity (Wildman–Crippen MR) is 92.3 cm³/mol. The molecular formula is C17H14BrN2S-. The predicted octanol–water partition coefficient (Wildman–Crippen LogP) is 6.01. The maximum atomic E-state index is 4.86. The monoisotopic (exact) mass is 357 g/mol. The molecule has 0 fully saturated rings. The van der Waals surface area contributed by atoms with Gasteiger partial charge in [-0.25, -0.2) is 0 Å². The van der Waals surface area contributed by atoms with E-state index in [9.17, 15) is 0 Å². The molecule has 0 spiro atoms. The second-order valence-corrected chi connectivity index (χ2v) is 7.00. The van der Waals surface area contributed by atoms with Crippen molar-refractivity contribution in [2.24, 2.45) is 0 Å². The molecule has 3 rings (SSSR count). The first-order valence-electron chi connectivity index (χ1n) is 6.67. The molecule has 0 N–H and O–H groups in total. The Morgan fingerprint density at radius 1 is 0.952 bits per heavy atom. The van der Waals surface area contributed by atoms with E-state index in [0.29, 0.717) is 0 Å². The van der Waals surface area contributed by atoms with Crippen LogP contribution in [0.4, 0.5) is 5.13 Å². The number of hydrogen-bond acceptors (Lipinski definition) is 2. The first-order valence-corrected chi connectivity index (χ1v) is 8.28. The maximum Gasteiger partial charge on any atom is 0.0685 e. The van der Waals surface area contributed by atoms with Crippen LogP contribution >= 0.6 is 27.3 Å². The van der Waals surface area contributed by atoms with Crippen LogP contribution in [0.25, 0.3) is 5.32 Å². The highest BCUT2D eigenvalue weighted by molar-refractivity contribution is 9.11. The first kappa shape index (κ1) is 14.3. The Labute approximate surface area is 137 Å². The van der Waals surface area contributed by atoms with E-state index in [2.05, 4.69) is 45.2 Å². The van der Waals surface area contributed by atoms with Crippen molar-refractivity contribution in [3.63, 3.8) is 0 Å². The van der Waals surface area contributed by atoms with Crippen LogP contribution in [0.15, 0.2) is 64.5 Å². The van der Waals surface area contributed by atoms with Gasteiger partial charge in [0.25, 0.3) is 0 Å². The Bertz CT molecular complexity index is 651. The molecule has 2 aromatic carbocycles. The quantitative estimate of drug-likeness (QED) is 0.561. The summed E-state index contributed by atoms with van der Waals surface area (Å²) in [5.41, 5.74) is 3.33. The highest BCUT2D eigenvalue weighted by Gasteiger charge is 2.10. The van der Waals surface area contributed by atoms with Crippen molar-refractivity contribution >= 4 is 32.4 Å². The van der Waals surface area contributed by atoms with Crippen LogP contribution in [0.5, 0.6) is 0 Å². The van der Waals surface area contributed by atoms with Gasteiger partial charge in [-0.15, -0.1) is 11.3 Å². The molecule has 0 radical (unpaired) electrons. The van der Waals surface area contributed by atoms with Gasteiger partial charge in [0.2, 0.25) is 0 Å². The minimum atomic E-state index is -0.0233. The molecule has 0 saturated carbocycles. The number of thiazole rings is 1. The summed E-state index contributed by atoms with van der Waals surface area (Å²) in [6.45, 7) is 1.99. The molecule has 106 valence electrons. The number of hydrogen-bond donors (Lipinski definition) is 0. The van der Waals surface area contributed by atoms with E-state index in [0.717, 1.165) is 14.6 Å². The zero-order valence-corrected chi connectivity index (χ0v) is 13.9. The van der Waals surface area contributed by atoms with E-state index >= 15 is 0 Å². The van der Waals surface area contributed by atoms with Gasteiger partial charge in [-0.2, -0.15) is 0 Å². The first-order chi connectivity index (χ1) is 10.2. The lowest BCUT2D eigenvalue weighted by Gasteiger charge is -2.25. The largest absolute Gasteiger partial charge is 0.445 e. The molecule has 0 aliphatic carbocycles. The molecule has 1 aromatic heterocycles. The van der Waals surface area contributed by atoms with Crippen LogP contribution in [-0.2, 0) is 0 Å². The average molecular weight is 358 g/mol. The van der Waals surface area contributed by atoms with Crippen molar-refractivity contribution in [3.8, 4) is 0 Å². The van der Waals surface area contributed by atoms with Crippen LogP contribution < -0.4 is 0 Å². The lowest BCUT2D eigenvalue weighted by atomic mass is 9.99. The lowest BCUT2D eigenvalue weighted by Crippen LogP contribution is -1.98. The number of rotatable bonds is 4. The van der Waals surface area contributed by atoms with Gasteiger partial charge >= 0.3 is 0 Å². The lowest BCUT2D eigenvalue weighted by molar-refractivity contribution is 0.984. The molecule has 0 aliphatic heterocycles. The normalized spacial score (nSPS) is 10.8. The van der Waals surface area contributed by atoms with Crippen molar-refractivity contribution in [2.75, 3.05) is 0 Å². The minimum Gasteiger partial charge on any atom is -0.445 e. The number of halogens is 1. The highest BCUT2D eigenvalue weighted by Crippen LogP contribution is 2.40. The molecule has 0 atom stereocenters. The molecule has 0 aliphatic rings. The van der Waals surface area contributed by atoms with Crippen LogP contribution in [0, 0.1) is 6.92 Å². The molecule has 4 heteroatoms. The van der Waals surface area contributed by atoms with Gasteiger partial charge in [-0.05, 0) is 44.8 Å². The van der Waals surface area contributed by atoms with E-state index in [1.165, 1.54) is 11.1 Å². The van der Waals surface area contributed by atoms with E-state index < -0.39 is 0 Å². The molecule has 21 heavy (non-hydrogen) atoms. The number of nitrogens with zero attached hydrogens (tertiary/aromatic N) is 2. The molecule has 1 heterocycles. The summed E-state index contributed by atoms with van der Waals surface area (Å²) in [5.74, 6) is 0. The van der Waals surface area contributed by atoms with Gasteiger partial charge in [0, 0.05) is 6.04 Å². The summed E-state index contributed by atoms with van der Waals surface area (Å²) in [4.78, 5) is 4.51. The van der Waals surface area contributed by atoms with Crippen LogP contribution in [0.1, 0.15) is 22.9 Å². The van der Waals surface area contributed by atoms with E-state index in [1.54, 1.807) is 11.3 Å². The zero-order valence-electron chi connectivity index (χ0n) is 11.5. The summed E-state index contributed by atoms with van der Waals surface area (Å²) in [6, 6.07) is 20.6. The molecule has 0 bridgehead atoms. The summed E-state index contributed by atoms with van der Waals surface area (Å²) in [5, 5.41) is 5.66. The summed E-state index contributed by atoms with van der Waals surface area (Å²) < 4.78 is 1.04. The van der Waals surface area contributed by atoms with Crippen molar-refractivity contribution in [2.45, 2.75) is 13.0 Å². The van der Waals surface area contributed by atoms with Gasteiger partial charge in [0.1, 0.15) is 0 Å². The zero-order chi connectivity index (χ0) is 14.7. The molecule has 0 amide bonds.